The van der Waals surface area contributed by atoms with Crippen molar-refractivity contribution in [3.63, 3.8) is 0 Å². The smallest absolute Gasteiger partial charge is 0.159 e. The van der Waals surface area contributed by atoms with E-state index < -0.39 is 6.10 Å². The van der Waals surface area contributed by atoms with E-state index in [0.717, 1.165) is 12.8 Å². The maximum absolute atomic E-state index is 9.22. The number of rotatable bonds is 7. The van der Waals surface area contributed by atoms with E-state index >= 15 is 0 Å². The van der Waals surface area contributed by atoms with Gasteiger partial charge in [-0.3, -0.25) is 4.89 Å². The van der Waals surface area contributed by atoms with Crippen LogP contribution >= 0.6 is 0 Å². The van der Waals surface area contributed by atoms with Crippen LogP contribution in [0.1, 0.15) is 51.9 Å². The van der Waals surface area contributed by atoms with E-state index in [4.69, 9.17) is 5.26 Å². The van der Waals surface area contributed by atoms with Gasteiger partial charge in [-0.25, -0.2) is 0 Å². The summed E-state index contributed by atoms with van der Waals surface area (Å²) in [5.41, 5.74) is 0. The summed E-state index contributed by atoms with van der Waals surface area (Å²) in [5.74, 6) is 2.37. The summed E-state index contributed by atoms with van der Waals surface area (Å²) in [7, 11) is 0. The predicted octanol–water partition coefficient (Wildman–Crippen LogP) is 2.55. The molecule has 0 spiro atoms. The monoisotopic (exact) mass is 200 g/mol. The lowest BCUT2D eigenvalue weighted by molar-refractivity contribution is -0.172. The predicted molar refractivity (Wildman–Crippen MR) is 55.5 cm³/mol. The molecule has 1 atom stereocenters. The van der Waals surface area contributed by atoms with E-state index in [1.54, 1.807) is 0 Å². The normalized spacial score (nSPS) is 11.6. The largest absolute Gasteiger partial charge is 0.380 e. The van der Waals surface area contributed by atoms with Gasteiger partial charge in [-0.05, 0) is 18.8 Å². The van der Waals surface area contributed by atoms with Crippen molar-refractivity contribution in [1.82, 2.24) is 0 Å². The SMILES string of the molecule is CCCCCCCCC(O)C#COO. The fourth-order valence-corrected chi connectivity index (χ4v) is 1.28. The van der Waals surface area contributed by atoms with Crippen LogP contribution in [-0.2, 0) is 4.89 Å². The lowest BCUT2D eigenvalue weighted by atomic mass is 10.1. The van der Waals surface area contributed by atoms with Crippen molar-refractivity contribution in [2.75, 3.05) is 0 Å². The van der Waals surface area contributed by atoms with Gasteiger partial charge in [0.05, 0.1) is 0 Å². The fraction of sp³-hybridized carbons (Fsp3) is 0.818. The van der Waals surface area contributed by atoms with Crippen molar-refractivity contribution in [1.29, 1.82) is 0 Å². The molecular weight excluding hydrogens is 180 g/mol. The molecule has 3 heteroatoms. The number of unbranched alkanes of at least 4 members (excludes halogenated alkanes) is 5. The van der Waals surface area contributed by atoms with Crippen molar-refractivity contribution in [3.05, 3.63) is 0 Å². The van der Waals surface area contributed by atoms with E-state index in [0.29, 0.717) is 6.42 Å². The van der Waals surface area contributed by atoms with E-state index in [2.05, 4.69) is 17.7 Å². The first kappa shape index (κ1) is 13.3. The summed E-state index contributed by atoms with van der Waals surface area (Å²) in [6.07, 6.45) is 9.11. The third kappa shape index (κ3) is 9.37. The average molecular weight is 200 g/mol. The maximum Gasteiger partial charge on any atom is 0.159 e. The Bertz CT molecular complexity index is 169. The highest BCUT2D eigenvalue weighted by Crippen LogP contribution is 2.08. The minimum Gasteiger partial charge on any atom is -0.380 e. The van der Waals surface area contributed by atoms with Gasteiger partial charge in [0.1, 0.15) is 6.10 Å². The minimum atomic E-state index is -0.673. The Hall–Kier alpha value is -0.720. The van der Waals surface area contributed by atoms with E-state index in [1.807, 2.05) is 6.11 Å². The minimum absolute atomic E-state index is 0.655. The first-order valence-corrected chi connectivity index (χ1v) is 5.30. The van der Waals surface area contributed by atoms with Crippen LogP contribution in [0.25, 0.3) is 0 Å². The lowest BCUT2D eigenvalue weighted by Gasteiger charge is -2.02. The maximum atomic E-state index is 9.22. The van der Waals surface area contributed by atoms with Crippen LogP contribution in [0, 0.1) is 12.0 Å². The van der Waals surface area contributed by atoms with E-state index in [-0.39, 0.29) is 0 Å². The first-order valence-electron chi connectivity index (χ1n) is 5.30. The van der Waals surface area contributed by atoms with Gasteiger partial charge in [-0.2, -0.15) is 5.26 Å². The molecule has 0 aliphatic carbocycles. The highest BCUT2D eigenvalue weighted by Gasteiger charge is 1.98. The molecule has 0 saturated carbocycles. The van der Waals surface area contributed by atoms with Gasteiger partial charge in [0.15, 0.2) is 6.11 Å². The van der Waals surface area contributed by atoms with Crippen LogP contribution in [0.3, 0.4) is 0 Å². The molecule has 0 aromatic carbocycles. The van der Waals surface area contributed by atoms with Gasteiger partial charge in [0.2, 0.25) is 0 Å². The molecule has 0 aromatic heterocycles. The summed E-state index contributed by atoms with van der Waals surface area (Å²) in [6.45, 7) is 2.19. The molecule has 1 unspecified atom stereocenters. The van der Waals surface area contributed by atoms with Gasteiger partial charge in [-0.1, -0.05) is 39.0 Å². The molecular formula is C11H20O3. The quantitative estimate of drug-likeness (QED) is 0.287. The fourth-order valence-electron chi connectivity index (χ4n) is 1.28. The van der Waals surface area contributed by atoms with Crippen molar-refractivity contribution in [2.45, 2.75) is 58.0 Å². The Balaban J connectivity index is 3.18. The molecule has 0 heterocycles. The average Bonchev–Trinajstić information content (AvgIpc) is 2.20. The molecule has 0 aliphatic rings. The van der Waals surface area contributed by atoms with Crippen molar-refractivity contribution in [2.24, 2.45) is 0 Å². The van der Waals surface area contributed by atoms with Crippen molar-refractivity contribution < 1.29 is 15.3 Å². The second kappa shape index (κ2) is 10.4. The Labute approximate surface area is 86.0 Å². The van der Waals surface area contributed by atoms with Crippen LogP contribution in [0.2, 0.25) is 0 Å². The Morgan fingerprint density at radius 1 is 1.14 bits per heavy atom. The summed E-state index contributed by atoms with van der Waals surface area (Å²) >= 11 is 0. The summed E-state index contributed by atoms with van der Waals surface area (Å²) < 4.78 is 0. The standard InChI is InChI=1S/C11H20O3/c1-2-3-4-5-6-7-8-11(12)9-10-14-13/h11-13H,2-8H2,1H3. The first-order chi connectivity index (χ1) is 6.81. The zero-order valence-corrected chi connectivity index (χ0v) is 8.83. The highest BCUT2D eigenvalue weighted by atomic mass is 17.1. The van der Waals surface area contributed by atoms with Gasteiger partial charge in [-0.15, -0.1) is 0 Å². The van der Waals surface area contributed by atoms with Gasteiger partial charge in [0.25, 0.3) is 0 Å². The van der Waals surface area contributed by atoms with Crippen LogP contribution < -0.4 is 0 Å². The molecule has 0 amide bonds. The molecule has 0 saturated heterocycles. The van der Waals surface area contributed by atoms with Crippen LogP contribution in [-0.4, -0.2) is 16.5 Å². The molecule has 82 valence electrons. The molecule has 3 nitrogen and oxygen atoms in total. The van der Waals surface area contributed by atoms with Gasteiger partial charge < -0.3 is 5.11 Å². The zero-order chi connectivity index (χ0) is 10.6. The van der Waals surface area contributed by atoms with E-state index in [9.17, 15) is 5.11 Å². The molecule has 2 N–H and O–H groups in total. The summed E-state index contributed by atoms with van der Waals surface area (Å²) in [6, 6.07) is 0. The molecule has 0 bridgehead atoms. The van der Waals surface area contributed by atoms with Crippen LogP contribution in [0.5, 0.6) is 0 Å². The van der Waals surface area contributed by atoms with Crippen molar-refractivity contribution in [3.8, 4) is 12.0 Å². The lowest BCUT2D eigenvalue weighted by Crippen LogP contribution is -2.02. The highest BCUT2D eigenvalue weighted by molar-refractivity contribution is 4.97. The van der Waals surface area contributed by atoms with Crippen LogP contribution in [0.4, 0.5) is 0 Å². The molecule has 0 rings (SSSR count). The second-order valence-electron chi connectivity index (χ2n) is 3.41. The topological polar surface area (TPSA) is 49.7 Å². The Kier molecular flexibility index (Phi) is 9.83. The third-order valence-electron chi connectivity index (χ3n) is 2.10. The van der Waals surface area contributed by atoms with E-state index in [1.165, 1.54) is 25.7 Å². The molecule has 0 aromatic rings. The van der Waals surface area contributed by atoms with Crippen molar-refractivity contribution >= 4 is 0 Å². The Morgan fingerprint density at radius 3 is 2.43 bits per heavy atom. The summed E-state index contributed by atoms with van der Waals surface area (Å²) in [4.78, 5) is 3.55. The summed E-state index contributed by atoms with van der Waals surface area (Å²) in [5, 5.41) is 17.1. The Morgan fingerprint density at radius 2 is 1.79 bits per heavy atom. The number of aliphatic hydroxyl groups is 1. The number of hydrogen-bond acceptors (Lipinski definition) is 3. The second-order valence-corrected chi connectivity index (χ2v) is 3.41. The molecule has 14 heavy (non-hydrogen) atoms. The number of hydrogen-bond donors (Lipinski definition) is 2. The molecule has 0 aliphatic heterocycles. The van der Waals surface area contributed by atoms with Gasteiger partial charge in [0, 0.05) is 0 Å². The molecule has 0 radical (unpaired) electrons. The van der Waals surface area contributed by atoms with Crippen LogP contribution in [0.15, 0.2) is 0 Å². The third-order valence-corrected chi connectivity index (χ3v) is 2.10. The number of aliphatic hydroxyl groups excluding tert-OH is 1. The zero-order valence-electron chi connectivity index (χ0n) is 8.83. The molecule has 0 fully saturated rings. The van der Waals surface area contributed by atoms with Gasteiger partial charge >= 0.3 is 0 Å².